The van der Waals surface area contributed by atoms with Crippen LogP contribution in [0.3, 0.4) is 0 Å². The van der Waals surface area contributed by atoms with Crippen molar-refractivity contribution in [2.24, 2.45) is 0 Å². The van der Waals surface area contributed by atoms with Crippen molar-refractivity contribution in [1.82, 2.24) is 0 Å². The van der Waals surface area contributed by atoms with Gasteiger partial charge in [0.05, 0.1) is 10.6 Å². The monoisotopic (exact) mass is 304 g/mol. The molecule has 0 saturated carbocycles. The zero-order chi connectivity index (χ0) is 15.0. The molecule has 0 fully saturated rings. The molecule has 3 rings (SSSR count). The minimum Gasteiger partial charge on any atom is -0.397 e. The smallest absolute Gasteiger partial charge is 0.265 e. The Morgan fingerprint density at radius 1 is 1.14 bits per heavy atom. The van der Waals surface area contributed by atoms with Gasteiger partial charge in [-0.15, -0.1) is 11.3 Å². The van der Waals surface area contributed by atoms with Crippen LogP contribution in [0.2, 0.25) is 0 Å². The Kier molecular flexibility index (Phi) is 3.31. The number of anilines is 2. The summed E-state index contributed by atoms with van der Waals surface area (Å²) in [7, 11) is 0. The number of rotatable bonds is 2. The second kappa shape index (κ2) is 5.14. The molecule has 3 nitrogen and oxygen atoms in total. The molecule has 21 heavy (non-hydrogen) atoms. The minimum absolute atomic E-state index is 0.0499. The Labute approximate surface area is 123 Å². The fourth-order valence-electron chi connectivity index (χ4n) is 1.96. The average molecular weight is 304 g/mol. The van der Waals surface area contributed by atoms with E-state index in [1.54, 1.807) is 12.1 Å². The molecule has 0 bridgehead atoms. The van der Waals surface area contributed by atoms with Crippen molar-refractivity contribution in [2.75, 3.05) is 11.1 Å². The van der Waals surface area contributed by atoms with Gasteiger partial charge >= 0.3 is 0 Å². The first kappa shape index (κ1) is 13.5. The normalized spacial score (nSPS) is 10.8. The van der Waals surface area contributed by atoms with Crippen molar-refractivity contribution >= 4 is 38.7 Å². The Bertz CT molecular complexity index is 825. The molecule has 1 heterocycles. The second-order valence-electron chi connectivity index (χ2n) is 4.45. The van der Waals surface area contributed by atoms with Crippen LogP contribution in [-0.4, -0.2) is 5.91 Å². The van der Waals surface area contributed by atoms with Gasteiger partial charge in [0.25, 0.3) is 5.91 Å². The molecule has 0 radical (unpaired) electrons. The Hall–Kier alpha value is -2.47. The predicted octanol–water partition coefficient (Wildman–Crippen LogP) is 4.01. The van der Waals surface area contributed by atoms with Gasteiger partial charge in [0.1, 0.15) is 17.3 Å². The van der Waals surface area contributed by atoms with Gasteiger partial charge < -0.3 is 11.1 Å². The van der Waals surface area contributed by atoms with Gasteiger partial charge in [-0.25, -0.2) is 8.78 Å². The van der Waals surface area contributed by atoms with Crippen LogP contribution in [0.15, 0.2) is 42.5 Å². The van der Waals surface area contributed by atoms with E-state index in [9.17, 15) is 13.6 Å². The second-order valence-corrected chi connectivity index (χ2v) is 5.53. The van der Waals surface area contributed by atoms with Crippen molar-refractivity contribution in [3.05, 3.63) is 59.0 Å². The average Bonchev–Trinajstić information content (AvgIpc) is 2.86. The fraction of sp³-hybridized carbons (Fsp3) is 0. The summed E-state index contributed by atoms with van der Waals surface area (Å²) in [6.07, 6.45) is 0. The van der Waals surface area contributed by atoms with Gasteiger partial charge in [-0.3, -0.25) is 4.79 Å². The van der Waals surface area contributed by atoms with Gasteiger partial charge in [0, 0.05) is 4.70 Å². The molecular formula is C15H10F2N2OS. The van der Waals surface area contributed by atoms with Gasteiger partial charge in [0.2, 0.25) is 0 Å². The summed E-state index contributed by atoms with van der Waals surface area (Å²) in [6, 6.07) is 10.1. The number of amides is 1. The quantitative estimate of drug-likeness (QED) is 0.703. The molecule has 1 amide bonds. The van der Waals surface area contributed by atoms with Crippen molar-refractivity contribution in [3.8, 4) is 0 Å². The molecule has 106 valence electrons. The van der Waals surface area contributed by atoms with Crippen molar-refractivity contribution in [2.45, 2.75) is 0 Å². The first-order chi connectivity index (χ1) is 10.0. The van der Waals surface area contributed by atoms with Crippen molar-refractivity contribution < 1.29 is 13.6 Å². The summed E-state index contributed by atoms with van der Waals surface area (Å²) >= 11 is 1.14. The summed E-state index contributed by atoms with van der Waals surface area (Å²) < 4.78 is 27.4. The van der Waals surface area contributed by atoms with E-state index < -0.39 is 11.7 Å². The standard InChI is InChI=1S/C15H10F2N2OS/c16-9-5-4-8-6-13(21-12(8)7-9)15(20)19-14-10(17)2-1-3-11(14)18/h1-7H,18H2,(H,19,20). The number of nitrogen functional groups attached to an aromatic ring is 1. The summed E-state index contributed by atoms with van der Waals surface area (Å²) in [4.78, 5) is 12.5. The third-order valence-corrected chi connectivity index (χ3v) is 4.09. The molecule has 0 unspecified atom stereocenters. The first-order valence-corrected chi connectivity index (χ1v) is 6.90. The summed E-state index contributed by atoms with van der Waals surface area (Å²) in [5.74, 6) is -1.45. The highest BCUT2D eigenvalue weighted by atomic mass is 32.1. The maximum Gasteiger partial charge on any atom is 0.265 e. The summed E-state index contributed by atoms with van der Waals surface area (Å²) in [5.41, 5.74) is 5.74. The summed E-state index contributed by atoms with van der Waals surface area (Å²) in [5, 5.41) is 3.21. The number of para-hydroxylation sites is 1. The third kappa shape index (κ3) is 2.57. The molecule has 0 saturated heterocycles. The number of thiophene rings is 1. The van der Waals surface area contributed by atoms with Gasteiger partial charge in [-0.05, 0) is 35.7 Å². The highest BCUT2D eigenvalue weighted by molar-refractivity contribution is 7.20. The Morgan fingerprint density at radius 2 is 1.95 bits per heavy atom. The number of nitrogens with two attached hydrogens (primary N) is 1. The molecule has 0 aliphatic carbocycles. The van der Waals surface area contributed by atoms with Crippen LogP contribution >= 0.6 is 11.3 Å². The first-order valence-electron chi connectivity index (χ1n) is 6.09. The van der Waals surface area contributed by atoms with E-state index in [1.165, 1.54) is 30.3 Å². The van der Waals surface area contributed by atoms with E-state index in [2.05, 4.69) is 5.32 Å². The van der Waals surface area contributed by atoms with Crippen LogP contribution in [0.5, 0.6) is 0 Å². The summed E-state index contributed by atoms with van der Waals surface area (Å²) in [6.45, 7) is 0. The van der Waals surface area contributed by atoms with Gasteiger partial charge in [-0.1, -0.05) is 12.1 Å². The van der Waals surface area contributed by atoms with E-state index in [0.717, 1.165) is 16.7 Å². The minimum atomic E-state index is -0.601. The number of halogens is 2. The van der Waals surface area contributed by atoms with E-state index in [0.29, 0.717) is 9.58 Å². The van der Waals surface area contributed by atoms with Crippen LogP contribution in [0, 0.1) is 11.6 Å². The predicted molar refractivity (Wildman–Crippen MR) is 80.5 cm³/mol. The number of nitrogens with one attached hydrogen (secondary N) is 1. The third-order valence-electron chi connectivity index (χ3n) is 2.99. The Morgan fingerprint density at radius 3 is 2.71 bits per heavy atom. The molecule has 0 aliphatic rings. The zero-order valence-electron chi connectivity index (χ0n) is 10.7. The van der Waals surface area contributed by atoms with Crippen LogP contribution < -0.4 is 11.1 Å². The number of carbonyl (C=O) groups excluding carboxylic acids is 1. The van der Waals surface area contributed by atoms with E-state index in [-0.39, 0.29) is 17.2 Å². The SMILES string of the molecule is Nc1cccc(F)c1NC(=O)c1cc2ccc(F)cc2s1. The van der Waals surface area contributed by atoms with Crippen LogP contribution in [0.4, 0.5) is 20.2 Å². The maximum absolute atomic E-state index is 13.6. The maximum atomic E-state index is 13.6. The number of hydrogen-bond donors (Lipinski definition) is 2. The number of fused-ring (bicyclic) bond motifs is 1. The topological polar surface area (TPSA) is 55.1 Å². The van der Waals surface area contributed by atoms with Crippen LogP contribution in [0.1, 0.15) is 9.67 Å². The lowest BCUT2D eigenvalue weighted by atomic mass is 10.2. The Balaban J connectivity index is 1.94. The highest BCUT2D eigenvalue weighted by Crippen LogP contribution is 2.28. The highest BCUT2D eigenvalue weighted by Gasteiger charge is 2.14. The lowest BCUT2D eigenvalue weighted by Gasteiger charge is -2.07. The molecule has 0 aliphatic heterocycles. The van der Waals surface area contributed by atoms with Crippen molar-refractivity contribution in [1.29, 1.82) is 0 Å². The van der Waals surface area contributed by atoms with Gasteiger partial charge in [0.15, 0.2) is 0 Å². The molecule has 1 aromatic heterocycles. The van der Waals surface area contributed by atoms with E-state index >= 15 is 0 Å². The molecule has 0 spiro atoms. The van der Waals surface area contributed by atoms with Gasteiger partial charge in [-0.2, -0.15) is 0 Å². The fourth-order valence-corrected chi connectivity index (χ4v) is 2.95. The van der Waals surface area contributed by atoms with Crippen LogP contribution in [0.25, 0.3) is 10.1 Å². The largest absolute Gasteiger partial charge is 0.397 e. The van der Waals surface area contributed by atoms with Crippen LogP contribution in [-0.2, 0) is 0 Å². The lowest BCUT2D eigenvalue weighted by Crippen LogP contribution is -2.13. The van der Waals surface area contributed by atoms with E-state index in [1.807, 2.05) is 0 Å². The van der Waals surface area contributed by atoms with Crippen molar-refractivity contribution in [3.63, 3.8) is 0 Å². The number of carbonyl (C=O) groups is 1. The molecule has 0 atom stereocenters. The molecule has 6 heteroatoms. The van der Waals surface area contributed by atoms with E-state index in [4.69, 9.17) is 5.73 Å². The molecule has 2 aromatic carbocycles. The molecule has 3 N–H and O–H groups in total. The molecule has 3 aromatic rings. The molecular weight excluding hydrogens is 294 g/mol. The number of hydrogen-bond acceptors (Lipinski definition) is 3. The number of benzene rings is 2. The zero-order valence-corrected chi connectivity index (χ0v) is 11.5. The lowest BCUT2D eigenvalue weighted by molar-refractivity contribution is 0.103.